The highest BCUT2D eigenvalue weighted by Crippen LogP contribution is 2.11. The van der Waals surface area contributed by atoms with E-state index in [2.05, 4.69) is 15.6 Å². The quantitative estimate of drug-likeness (QED) is 0.369. The standard InChI is InChI=1S/C17H20F2N4OS.HI/c1-23(2)16(24)11-22-17(21-10-14-4-3-7-25-14)20-9-12-8-13(18)5-6-15(12)19;/h3-8H,9-11H2,1-2H3,(H2,20,21,22);1H. The molecule has 1 heterocycles. The second-order valence-corrected chi connectivity index (χ2v) is 6.51. The Labute approximate surface area is 172 Å². The van der Waals surface area contributed by atoms with Crippen LogP contribution in [0.15, 0.2) is 40.7 Å². The Morgan fingerprint density at radius 3 is 2.65 bits per heavy atom. The number of amides is 1. The lowest BCUT2D eigenvalue weighted by molar-refractivity contribution is -0.127. The summed E-state index contributed by atoms with van der Waals surface area (Å²) in [6.07, 6.45) is 0. The fraction of sp³-hybridized carbons (Fsp3) is 0.294. The number of nitrogens with one attached hydrogen (secondary N) is 2. The summed E-state index contributed by atoms with van der Waals surface area (Å²) in [6.45, 7) is 0.527. The highest BCUT2D eigenvalue weighted by molar-refractivity contribution is 14.0. The van der Waals surface area contributed by atoms with Crippen LogP contribution in [0.25, 0.3) is 0 Å². The molecule has 1 aromatic carbocycles. The third-order valence-electron chi connectivity index (χ3n) is 3.33. The molecule has 9 heteroatoms. The van der Waals surface area contributed by atoms with E-state index in [1.165, 1.54) is 4.90 Å². The van der Waals surface area contributed by atoms with Crippen molar-refractivity contribution in [2.24, 2.45) is 4.99 Å². The molecule has 142 valence electrons. The molecule has 0 aliphatic rings. The number of carbonyl (C=O) groups is 1. The van der Waals surface area contributed by atoms with Gasteiger partial charge in [-0.25, -0.2) is 13.8 Å². The first kappa shape index (κ1) is 22.3. The zero-order valence-corrected chi connectivity index (χ0v) is 17.6. The van der Waals surface area contributed by atoms with Crippen molar-refractivity contribution in [3.05, 3.63) is 57.8 Å². The molecule has 2 rings (SSSR count). The Morgan fingerprint density at radius 1 is 1.23 bits per heavy atom. The third-order valence-corrected chi connectivity index (χ3v) is 4.21. The van der Waals surface area contributed by atoms with Gasteiger partial charge < -0.3 is 15.5 Å². The van der Waals surface area contributed by atoms with Crippen molar-refractivity contribution in [3.8, 4) is 0 Å². The zero-order chi connectivity index (χ0) is 18.2. The number of carbonyl (C=O) groups excluding carboxylic acids is 1. The molecular formula is C17H21F2IN4OS. The number of hydrogen-bond acceptors (Lipinski definition) is 3. The van der Waals surface area contributed by atoms with Gasteiger partial charge in [-0.05, 0) is 29.6 Å². The van der Waals surface area contributed by atoms with E-state index in [4.69, 9.17) is 0 Å². The van der Waals surface area contributed by atoms with Gasteiger partial charge in [-0.2, -0.15) is 0 Å². The van der Waals surface area contributed by atoms with Gasteiger partial charge in [0.05, 0.1) is 19.6 Å². The minimum atomic E-state index is -0.521. The van der Waals surface area contributed by atoms with Crippen LogP contribution < -0.4 is 10.6 Å². The smallest absolute Gasteiger partial charge is 0.241 e. The molecule has 0 radical (unpaired) electrons. The molecule has 0 saturated carbocycles. The molecule has 0 aliphatic carbocycles. The molecule has 1 amide bonds. The number of thiophene rings is 1. The maximum absolute atomic E-state index is 13.7. The number of aliphatic imine (C=N–C) groups is 1. The topological polar surface area (TPSA) is 56.7 Å². The molecule has 0 bridgehead atoms. The minimum Gasteiger partial charge on any atom is -0.351 e. The van der Waals surface area contributed by atoms with Crippen LogP contribution >= 0.6 is 35.3 Å². The number of nitrogens with zero attached hydrogens (tertiary/aromatic N) is 2. The molecule has 0 unspecified atom stereocenters. The summed E-state index contributed by atoms with van der Waals surface area (Å²) in [6, 6.07) is 7.14. The van der Waals surface area contributed by atoms with Crippen molar-refractivity contribution in [2.45, 2.75) is 13.1 Å². The summed E-state index contributed by atoms with van der Waals surface area (Å²) in [5.74, 6) is -0.808. The van der Waals surface area contributed by atoms with E-state index < -0.39 is 11.6 Å². The van der Waals surface area contributed by atoms with E-state index in [-0.39, 0.29) is 48.5 Å². The number of halogens is 3. The van der Waals surface area contributed by atoms with Crippen molar-refractivity contribution < 1.29 is 13.6 Å². The van der Waals surface area contributed by atoms with E-state index in [0.717, 1.165) is 23.1 Å². The van der Waals surface area contributed by atoms with Crippen LogP contribution in [0.2, 0.25) is 0 Å². The van der Waals surface area contributed by atoms with Crippen LogP contribution in [0.3, 0.4) is 0 Å². The molecule has 0 fully saturated rings. The molecule has 0 spiro atoms. The maximum atomic E-state index is 13.7. The van der Waals surface area contributed by atoms with Gasteiger partial charge in [0.1, 0.15) is 11.6 Å². The van der Waals surface area contributed by atoms with Crippen molar-refractivity contribution in [3.63, 3.8) is 0 Å². The summed E-state index contributed by atoms with van der Waals surface area (Å²) >= 11 is 1.58. The van der Waals surface area contributed by atoms with Gasteiger partial charge in [-0.15, -0.1) is 35.3 Å². The van der Waals surface area contributed by atoms with E-state index in [9.17, 15) is 13.6 Å². The van der Waals surface area contributed by atoms with Gasteiger partial charge in [-0.1, -0.05) is 6.07 Å². The Kier molecular flexibility index (Phi) is 9.49. The summed E-state index contributed by atoms with van der Waals surface area (Å²) in [4.78, 5) is 18.5. The van der Waals surface area contributed by atoms with Crippen LogP contribution in [-0.2, 0) is 17.9 Å². The molecular weight excluding hydrogens is 473 g/mol. The first-order chi connectivity index (χ1) is 12.0. The zero-order valence-electron chi connectivity index (χ0n) is 14.5. The summed E-state index contributed by atoms with van der Waals surface area (Å²) in [5, 5.41) is 7.94. The van der Waals surface area contributed by atoms with Crippen LogP contribution in [0, 0.1) is 11.6 Å². The lowest BCUT2D eigenvalue weighted by Crippen LogP contribution is -2.42. The van der Waals surface area contributed by atoms with E-state index in [1.807, 2.05) is 17.5 Å². The van der Waals surface area contributed by atoms with Crippen LogP contribution in [0.4, 0.5) is 8.78 Å². The van der Waals surface area contributed by atoms with Gasteiger partial charge in [0, 0.05) is 24.5 Å². The number of likely N-dealkylation sites (N-methyl/N-ethyl adjacent to an activating group) is 1. The molecule has 1 aromatic heterocycles. The number of rotatable bonds is 6. The van der Waals surface area contributed by atoms with Gasteiger partial charge >= 0.3 is 0 Å². The van der Waals surface area contributed by atoms with Crippen LogP contribution in [0.5, 0.6) is 0 Å². The fourth-order valence-corrected chi connectivity index (χ4v) is 2.55. The summed E-state index contributed by atoms with van der Waals surface area (Å²) in [5.41, 5.74) is 0.149. The summed E-state index contributed by atoms with van der Waals surface area (Å²) < 4.78 is 27.0. The maximum Gasteiger partial charge on any atom is 0.241 e. The first-order valence-corrected chi connectivity index (χ1v) is 8.52. The SMILES string of the molecule is CN(C)C(=O)CNC(=NCc1cc(F)ccc1F)NCc1cccs1.I. The fourth-order valence-electron chi connectivity index (χ4n) is 1.90. The van der Waals surface area contributed by atoms with Gasteiger partial charge in [0.25, 0.3) is 0 Å². The first-order valence-electron chi connectivity index (χ1n) is 7.64. The Hall–Kier alpha value is -1.75. The molecule has 5 nitrogen and oxygen atoms in total. The van der Waals surface area contributed by atoms with Crippen LogP contribution in [0.1, 0.15) is 10.4 Å². The van der Waals surface area contributed by atoms with Crippen molar-refractivity contribution in [2.75, 3.05) is 20.6 Å². The molecule has 0 aliphatic heterocycles. The van der Waals surface area contributed by atoms with Gasteiger partial charge in [-0.3, -0.25) is 4.79 Å². The third kappa shape index (κ3) is 7.24. The lowest BCUT2D eigenvalue weighted by atomic mass is 10.2. The Bertz CT molecular complexity index is 738. The summed E-state index contributed by atoms with van der Waals surface area (Å²) in [7, 11) is 3.31. The minimum absolute atomic E-state index is 0. The van der Waals surface area contributed by atoms with Crippen LogP contribution in [-0.4, -0.2) is 37.4 Å². The number of hydrogen-bond donors (Lipinski definition) is 2. The number of guanidine groups is 1. The van der Waals surface area contributed by atoms with E-state index in [0.29, 0.717) is 12.5 Å². The monoisotopic (exact) mass is 494 g/mol. The average Bonchev–Trinajstić information content (AvgIpc) is 3.10. The average molecular weight is 494 g/mol. The Balaban J connectivity index is 0.00000338. The predicted octanol–water partition coefficient (Wildman–Crippen LogP) is 2.97. The number of benzene rings is 1. The predicted molar refractivity (Wildman–Crippen MR) is 111 cm³/mol. The van der Waals surface area contributed by atoms with Crippen molar-refractivity contribution in [1.29, 1.82) is 0 Å². The van der Waals surface area contributed by atoms with Gasteiger partial charge in [0.15, 0.2) is 5.96 Å². The largest absolute Gasteiger partial charge is 0.351 e. The lowest BCUT2D eigenvalue weighted by Gasteiger charge is -2.14. The molecule has 2 aromatic rings. The Morgan fingerprint density at radius 2 is 2.00 bits per heavy atom. The molecule has 26 heavy (non-hydrogen) atoms. The highest BCUT2D eigenvalue weighted by atomic mass is 127. The van der Waals surface area contributed by atoms with E-state index >= 15 is 0 Å². The molecule has 0 atom stereocenters. The second-order valence-electron chi connectivity index (χ2n) is 5.48. The second kappa shape index (κ2) is 11.1. The van der Waals surface area contributed by atoms with Crippen molar-refractivity contribution in [1.82, 2.24) is 15.5 Å². The van der Waals surface area contributed by atoms with E-state index in [1.54, 1.807) is 25.4 Å². The van der Waals surface area contributed by atoms with Crippen molar-refractivity contribution >= 4 is 47.2 Å². The molecule has 2 N–H and O–H groups in total. The van der Waals surface area contributed by atoms with Gasteiger partial charge in [0.2, 0.25) is 5.91 Å². The highest BCUT2D eigenvalue weighted by Gasteiger charge is 2.08. The normalized spacial score (nSPS) is 10.8. The molecule has 0 saturated heterocycles.